The molecule has 1 saturated carbocycles. The maximum Gasteiger partial charge on any atom is 0.407 e. The van der Waals surface area contributed by atoms with E-state index in [1.54, 1.807) is 34.0 Å². The highest BCUT2D eigenvalue weighted by Gasteiger charge is 2.57. The molecule has 2 aliphatic carbocycles. The van der Waals surface area contributed by atoms with Crippen LogP contribution in [-0.4, -0.2) is 198 Å². The Morgan fingerprint density at radius 1 is 0.814 bits per heavy atom. The minimum atomic E-state index is -2.55. The zero-order chi connectivity index (χ0) is 62.6. The Hall–Kier alpha value is -4.60. The molecule has 0 aromatic heterocycles. The molecule has 4 N–H and O–H groups in total. The first-order chi connectivity index (χ1) is 41.3. The number of ether oxygens (including phenoxy) is 10. The second-order valence-electron chi connectivity index (χ2n) is 24.2. The van der Waals surface area contributed by atoms with Crippen LogP contribution in [0.15, 0.2) is 36.0 Å². The fourth-order valence-corrected chi connectivity index (χ4v) is 12.4. The van der Waals surface area contributed by atoms with Crippen LogP contribution < -0.4 is 10.6 Å². The molecule has 0 radical (unpaired) electrons. The molecule has 5 aliphatic rings. The van der Waals surface area contributed by atoms with Gasteiger partial charge >= 0.3 is 12.1 Å². The number of hydrogen-bond donors (Lipinski definition) is 4. The standard InChI is InChI=1S/C65H103N3O18/c1-10-20-49-36-43(2)35-44(3)37-56(78-8)60-57(79-9)39-46(5)65(76,86-60)61(72)62(73)68-28-17-16-23-51(68)63(74)85-59(47(6)52(69)41-53(49)70)45(4)38-48-24-25-54(55(40-48)77-7)84-64(75)67-27-19-30-81-32-34-82-33-31-80-29-18-26-66-58(71)42-83-50-21-14-12-11-13-15-22-50/h10,36,38,44,46-52,54-57,59-60,69,76H,1,11-14,16-21,23-35,37,39-42H2,2-9H3,(H,66,71)(H,67,75)/b43-36+,45-38+/t44-,46+,47+,48-,49+,50?,51-,52-,54+,55+,56-,57-,59+,60+,65+/m0/s1. The summed E-state index contributed by atoms with van der Waals surface area (Å²) in [6.45, 7) is 16.4. The molecule has 3 amide bonds. The lowest BCUT2D eigenvalue weighted by molar-refractivity contribution is -0.302. The van der Waals surface area contributed by atoms with Gasteiger partial charge in [0.05, 0.1) is 50.8 Å². The van der Waals surface area contributed by atoms with Crippen LogP contribution in [0.5, 0.6) is 0 Å². The van der Waals surface area contributed by atoms with Crippen LogP contribution in [0, 0.1) is 41.4 Å². The summed E-state index contributed by atoms with van der Waals surface area (Å²) in [5, 5.41) is 29.8. The number of nitrogens with one attached hydrogen (secondary N) is 2. The Balaban J connectivity index is 1.13. The number of aliphatic hydroxyl groups excluding tert-OH is 1. The average molecular weight is 1210 g/mol. The van der Waals surface area contributed by atoms with E-state index in [1.807, 2.05) is 26.0 Å². The summed E-state index contributed by atoms with van der Waals surface area (Å²) in [5.74, 6) is -2.17. The normalized spacial score (nSPS) is 32.8. The van der Waals surface area contributed by atoms with Crippen LogP contribution in [0.25, 0.3) is 0 Å². The van der Waals surface area contributed by atoms with Crippen molar-refractivity contribution >= 4 is 35.4 Å². The van der Waals surface area contributed by atoms with E-state index in [0.717, 1.165) is 37.7 Å². The van der Waals surface area contributed by atoms with Gasteiger partial charge in [-0.2, -0.15) is 0 Å². The summed E-state index contributed by atoms with van der Waals surface area (Å²) in [7, 11) is 4.59. The Bertz CT molecular complexity index is 2280. The molecule has 0 spiro atoms. The van der Waals surface area contributed by atoms with Crippen LogP contribution in [0.4, 0.5) is 4.79 Å². The Labute approximate surface area is 511 Å². The average Bonchev–Trinajstić information content (AvgIpc) is 1.18. The number of methoxy groups -OCH3 is 3. The van der Waals surface area contributed by atoms with Gasteiger partial charge in [0.15, 0.2) is 0 Å². The van der Waals surface area contributed by atoms with E-state index >= 15 is 0 Å². The number of fused-ring (bicyclic) bond motifs is 3. The molecule has 2 bridgehead atoms. The van der Waals surface area contributed by atoms with Crippen molar-refractivity contribution in [3.8, 4) is 11.8 Å². The van der Waals surface area contributed by atoms with E-state index in [0.29, 0.717) is 123 Å². The minimum absolute atomic E-state index is 0.00528. The monoisotopic (exact) mass is 1210 g/mol. The molecule has 0 aromatic rings. The van der Waals surface area contributed by atoms with Crippen LogP contribution in [0.1, 0.15) is 150 Å². The maximum atomic E-state index is 14.6. The topological polar surface area (TPSA) is 262 Å². The van der Waals surface area contributed by atoms with Gasteiger partial charge in [0.1, 0.15) is 42.8 Å². The number of amides is 3. The number of rotatable bonds is 25. The molecule has 3 heterocycles. The molecule has 0 aromatic carbocycles. The molecule has 486 valence electrons. The predicted molar refractivity (Wildman–Crippen MR) is 320 cm³/mol. The molecular formula is C65H103N3O18. The first-order valence-electron chi connectivity index (χ1n) is 31.6. The van der Waals surface area contributed by atoms with Gasteiger partial charge in [-0.05, 0) is 128 Å². The van der Waals surface area contributed by atoms with E-state index in [9.17, 15) is 39.0 Å². The summed E-state index contributed by atoms with van der Waals surface area (Å²) >= 11 is 0. The SMILES string of the molecule is C=CC[C@@H]1/C=C(\C)C[C@H](C)C[C@H](OC)[C@H]2O[C@@](O)(C(=O)C(=O)N3CCCC[C@H]3C(=O)O[C@H](/C(C)=C/[C@@H]3CC[C@@H](OC(=O)NCCCOCCOCCOCCCNC(=O)COC4C#CCCCCC4)[C@H](OC)C3)[C@H](C)[C@@H](O)CC1=O)[C@H](C)C[C@@H]2OC. The molecule has 3 fully saturated rings. The molecule has 21 heteroatoms. The largest absolute Gasteiger partial charge is 0.456 e. The van der Waals surface area contributed by atoms with Gasteiger partial charge in [0, 0.05) is 84.8 Å². The number of carbonyl (C=O) groups is 6. The first-order valence-corrected chi connectivity index (χ1v) is 31.6. The second kappa shape index (κ2) is 38.1. The number of alkyl carbamates (subject to hydrolysis) is 1. The summed E-state index contributed by atoms with van der Waals surface area (Å²) in [4.78, 5) is 84.0. The number of nitrogens with zero attached hydrogens (tertiary/aromatic N) is 1. The Morgan fingerprint density at radius 2 is 1.48 bits per heavy atom. The third-order valence-electron chi connectivity index (χ3n) is 17.3. The van der Waals surface area contributed by atoms with Gasteiger partial charge in [-0.25, -0.2) is 9.59 Å². The van der Waals surface area contributed by atoms with Crippen LogP contribution in [0.2, 0.25) is 0 Å². The number of ketones is 2. The third kappa shape index (κ3) is 22.8. The van der Waals surface area contributed by atoms with E-state index in [-0.39, 0.29) is 62.0 Å². The van der Waals surface area contributed by atoms with Crippen molar-refractivity contribution in [2.75, 3.05) is 87.2 Å². The van der Waals surface area contributed by atoms with Crippen LogP contribution in [-0.2, 0) is 71.3 Å². The van der Waals surface area contributed by atoms with Crippen molar-refractivity contribution in [1.82, 2.24) is 15.5 Å². The molecule has 5 rings (SSSR count). The number of aliphatic hydroxyl groups is 2. The smallest absolute Gasteiger partial charge is 0.407 e. The zero-order valence-electron chi connectivity index (χ0n) is 52.7. The van der Waals surface area contributed by atoms with Gasteiger partial charge in [0.2, 0.25) is 11.7 Å². The molecular weight excluding hydrogens is 1110 g/mol. The number of allylic oxidation sites excluding steroid dienone is 4. The lowest BCUT2D eigenvalue weighted by atomic mass is 9.81. The quantitative estimate of drug-likeness (QED) is 0.0244. The van der Waals surface area contributed by atoms with E-state index in [2.05, 4.69) is 29.1 Å². The second-order valence-corrected chi connectivity index (χ2v) is 24.2. The first kappa shape index (κ1) is 72.1. The van der Waals surface area contributed by atoms with Gasteiger partial charge in [-0.3, -0.25) is 19.2 Å². The Kier molecular flexibility index (Phi) is 31.9. The molecule has 21 nitrogen and oxygen atoms in total. The van der Waals surface area contributed by atoms with Crippen LogP contribution >= 0.6 is 0 Å². The van der Waals surface area contributed by atoms with Crippen molar-refractivity contribution in [1.29, 1.82) is 0 Å². The van der Waals surface area contributed by atoms with Gasteiger partial charge in [-0.15, -0.1) is 12.5 Å². The predicted octanol–water partition coefficient (Wildman–Crippen LogP) is 6.67. The molecule has 15 atom stereocenters. The number of hydrogen-bond acceptors (Lipinski definition) is 18. The van der Waals surface area contributed by atoms with Crippen molar-refractivity contribution in [3.63, 3.8) is 0 Å². The highest BCUT2D eigenvalue weighted by atomic mass is 16.7. The number of cyclic esters (lactones) is 1. The summed E-state index contributed by atoms with van der Waals surface area (Å²) in [6.07, 6.45) is 9.61. The molecule has 1 unspecified atom stereocenters. The number of carbonyl (C=O) groups excluding carboxylic acids is 6. The highest BCUT2D eigenvalue weighted by molar-refractivity contribution is 6.39. The van der Waals surface area contributed by atoms with Gasteiger partial charge in [-0.1, -0.05) is 56.9 Å². The van der Waals surface area contributed by atoms with Crippen LogP contribution in [0.3, 0.4) is 0 Å². The lowest BCUT2D eigenvalue weighted by Gasteiger charge is -2.47. The van der Waals surface area contributed by atoms with E-state index < -0.39 is 96.1 Å². The van der Waals surface area contributed by atoms with Gasteiger partial charge < -0.3 is 73.1 Å². The maximum absolute atomic E-state index is 14.6. The number of esters is 1. The fraction of sp³-hybridized carbons (Fsp3) is 0.785. The third-order valence-corrected chi connectivity index (χ3v) is 17.3. The van der Waals surface area contributed by atoms with Crippen molar-refractivity contribution in [3.05, 3.63) is 36.0 Å². The summed E-state index contributed by atoms with van der Waals surface area (Å²) in [6, 6.07) is -1.20. The lowest BCUT2D eigenvalue weighted by Crippen LogP contribution is -2.64. The van der Waals surface area contributed by atoms with E-state index in [1.165, 1.54) is 19.1 Å². The number of piperidine rings is 1. The molecule has 2 saturated heterocycles. The Morgan fingerprint density at radius 3 is 2.16 bits per heavy atom. The fourth-order valence-electron chi connectivity index (χ4n) is 12.4. The zero-order valence-corrected chi connectivity index (χ0v) is 52.7. The molecule has 3 aliphatic heterocycles. The molecule has 86 heavy (non-hydrogen) atoms. The van der Waals surface area contributed by atoms with E-state index in [4.69, 9.17) is 47.4 Å². The highest BCUT2D eigenvalue weighted by Crippen LogP contribution is 2.40. The van der Waals surface area contributed by atoms with Crippen molar-refractivity contribution < 1.29 is 86.3 Å². The number of Topliss-reactive ketones (excluding diaryl/α,β-unsaturated/α-hetero) is 2. The van der Waals surface area contributed by atoms with Crippen molar-refractivity contribution in [2.24, 2.45) is 29.6 Å². The summed E-state index contributed by atoms with van der Waals surface area (Å²) < 4.78 is 58.7. The minimum Gasteiger partial charge on any atom is -0.456 e. The summed E-state index contributed by atoms with van der Waals surface area (Å²) in [5.41, 5.74) is 1.53. The van der Waals surface area contributed by atoms with Gasteiger partial charge in [0.25, 0.3) is 11.7 Å². The van der Waals surface area contributed by atoms with Crippen molar-refractivity contribution in [2.45, 2.75) is 211 Å².